The molecule has 0 bridgehead atoms. The molecular formula is C18H17N3O4S. The van der Waals surface area contributed by atoms with Crippen LogP contribution >= 0.6 is 11.3 Å². The Balaban J connectivity index is 2.03. The molecule has 0 atom stereocenters. The maximum absolute atomic E-state index is 12.8. The number of carbonyl (C=O) groups excluding carboxylic acids is 1. The molecule has 0 saturated heterocycles. The van der Waals surface area contributed by atoms with Crippen LogP contribution in [0.1, 0.15) is 23.1 Å². The Labute approximate surface area is 153 Å². The number of rotatable bonds is 5. The molecule has 1 N–H and O–H groups in total. The summed E-state index contributed by atoms with van der Waals surface area (Å²) in [6.07, 6.45) is 0. The van der Waals surface area contributed by atoms with Crippen molar-refractivity contribution in [2.24, 2.45) is 0 Å². The van der Waals surface area contributed by atoms with E-state index < -0.39 is 11.5 Å². The Hall–Kier alpha value is -3.00. The van der Waals surface area contributed by atoms with Crippen molar-refractivity contribution >= 4 is 39.1 Å². The Morgan fingerprint density at radius 1 is 1.27 bits per heavy atom. The number of benzene rings is 1. The molecule has 0 unspecified atom stereocenters. The molecule has 3 aromatic rings. The molecule has 0 saturated carbocycles. The summed E-state index contributed by atoms with van der Waals surface area (Å²) in [7, 11) is 0. The number of para-hydroxylation sites is 1. The third-order valence-corrected chi connectivity index (χ3v) is 4.97. The molecule has 0 radical (unpaired) electrons. The van der Waals surface area contributed by atoms with E-state index in [-0.39, 0.29) is 23.4 Å². The van der Waals surface area contributed by atoms with Crippen molar-refractivity contribution in [3.63, 3.8) is 0 Å². The first-order valence-corrected chi connectivity index (χ1v) is 8.89. The number of carbonyl (C=O) groups is 2. The van der Waals surface area contributed by atoms with Crippen LogP contribution in [0.2, 0.25) is 0 Å². The second-order valence-electron chi connectivity index (χ2n) is 5.66. The summed E-state index contributed by atoms with van der Waals surface area (Å²) in [6.45, 7) is 3.73. The van der Waals surface area contributed by atoms with Gasteiger partial charge in [0.25, 0.3) is 5.56 Å². The molecule has 1 aromatic carbocycles. The van der Waals surface area contributed by atoms with E-state index in [1.165, 1.54) is 9.95 Å². The number of fused-ring (bicyclic) bond motifs is 1. The highest BCUT2D eigenvalue weighted by Gasteiger charge is 2.21. The minimum Gasteiger partial charge on any atom is -0.478 e. The lowest BCUT2D eigenvalue weighted by atomic mass is 10.2. The van der Waals surface area contributed by atoms with Crippen LogP contribution in [0.15, 0.2) is 40.5 Å². The Morgan fingerprint density at radius 2 is 1.96 bits per heavy atom. The summed E-state index contributed by atoms with van der Waals surface area (Å²) in [5.41, 5.74) is 0.143. The number of nitrogens with zero attached hydrogens (tertiary/aromatic N) is 3. The molecule has 1 amide bonds. The van der Waals surface area contributed by atoms with E-state index in [4.69, 9.17) is 0 Å². The Kier molecular flexibility index (Phi) is 4.85. The molecule has 0 aliphatic carbocycles. The fourth-order valence-corrected chi connectivity index (χ4v) is 3.75. The summed E-state index contributed by atoms with van der Waals surface area (Å²) >= 11 is 1.11. The van der Waals surface area contributed by atoms with Gasteiger partial charge in [0, 0.05) is 17.6 Å². The standard InChI is InChI=1S/C18H17N3O4S/c1-3-20(12-7-5-4-6-8-12)14(22)9-21-11(2)19-16-15(17(21)23)13(10-26-16)18(24)25/h4-8,10H,3,9H2,1-2H3,(H,24,25). The van der Waals surface area contributed by atoms with Crippen molar-refractivity contribution in [1.29, 1.82) is 0 Å². The van der Waals surface area contributed by atoms with Crippen molar-refractivity contribution in [2.75, 3.05) is 11.4 Å². The summed E-state index contributed by atoms with van der Waals surface area (Å²) in [5, 5.41) is 10.7. The molecular weight excluding hydrogens is 354 g/mol. The zero-order valence-electron chi connectivity index (χ0n) is 14.3. The topological polar surface area (TPSA) is 92.5 Å². The van der Waals surface area contributed by atoms with Crippen LogP contribution in [-0.4, -0.2) is 33.1 Å². The quantitative estimate of drug-likeness (QED) is 0.744. The van der Waals surface area contributed by atoms with Crippen molar-refractivity contribution in [3.05, 3.63) is 57.5 Å². The number of hydrogen-bond acceptors (Lipinski definition) is 5. The van der Waals surface area contributed by atoms with E-state index >= 15 is 0 Å². The average Bonchev–Trinajstić information content (AvgIpc) is 3.04. The van der Waals surface area contributed by atoms with Gasteiger partial charge in [-0.1, -0.05) is 18.2 Å². The maximum Gasteiger partial charge on any atom is 0.337 e. The second-order valence-corrected chi connectivity index (χ2v) is 6.52. The molecule has 8 heteroatoms. The van der Waals surface area contributed by atoms with Gasteiger partial charge in [-0.25, -0.2) is 9.78 Å². The highest BCUT2D eigenvalue weighted by molar-refractivity contribution is 7.17. The predicted molar refractivity (Wildman–Crippen MR) is 100 cm³/mol. The molecule has 7 nitrogen and oxygen atoms in total. The number of anilines is 1. The van der Waals surface area contributed by atoms with Crippen LogP contribution in [0.25, 0.3) is 10.2 Å². The van der Waals surface area contributed by atoms with E-state index in [0.29, 0.717) is 17.2 Å². The number of carboxylic acid groups (broad SMARTS) is 1. The first-order chi connectivity index (χ1) is 12.4. The maximum atomic E-state index is 12.8. The van der Waals surface area contributed by atoms with Crippen LogP contribution in [0.4, 0.5) is 5.69 Å². The highest BCUT2D eigenvalue weighted by Crippen LogP contribution is 2.22. The largest absolute Gasteiger partial charge is 0.478 e. The lowest BCUT2D eigenvalue weighted by molar-refractivity contribution is -0.119. The van der Waals surface area contributed by atoms with E-state index in [0.717, 1.165) is 17.0 Å². The van der Waals surface area contributed by atoms with Gasteiger partial charge < -0.3 is 10.0 Å². The number of amides is 1. The van der Waals surface area contributed by atoms with E-state index in [2.05, 4.69) is 4.98 Å². The van der Waals surface area contributed by atoms with Crippen molar-refractivity contribution in [2.45, 2.75) is 20.4 Å². The smallest absolute Gasteiger partial charge is 0.337 e. The third kappa shape index (κ3) is 3.11. The van der Waals surface area contributed by atoms with E-state index in [1.807, 2.05) is 37.3 Å². The average molecular weight is 371 g/mol. The zero-order chi connectivity index (χ0) is 18.8. The van der Waals surface area contributed by atoms with Crippen LogP contribution in [0, 0.1) is 6.92 Å². The van der Waals surface area contributed by atoms with Crippen LogP contribution in [0.3, 0.4) is 0 Å². The molecule has 0 aliphatic heterocycles. The SMILES string of the molecule is CCN(C(=O)Cn1c(C)nc2scc(C(=O)O)c2c1=O)c1ccccc1. The minimum absolute atomic E-state index is 0.0451. The molecule has 134 valence electrons. The van der Waals surface area contributed by atoms with Crippen LogP contribution in [0.5, 0.6) is 0 Å². The van der Waals surface area contributed by atoms with Crippen molar-refractivity contribution in [3.8, 4) is 0 Å². The van der Waals surface area contributed by atoms with Gasteiger partial charge in [-0.05, 0) is 26.0 Å². The molecule has 3 rings (SSSR count). The second kappa shape index (κ2) is 7.09. The third-order valence-electron chi connectivity index (χ3n) is 4.09. The number of aryl methyl sites for hydroxylation is 1. The monoisotopic (exact) mass is 371 g/mol. The fraction of sp³-hybridized carbons (Fsp3) is 0.222. The molecule has 2 aromatic heterocycles. The number of aromatic carboxylic acids is 1. The Bertz CT molecular complexity index is 1040. The number of thiophene rings is 1. The summed E-state index contributed by atoms with van der Waals surface area (Å²) < 4.78 is 1.23. The number of carboxylic acids is 1. The summed E-state index contributed by atoms with van der Waals surface area (Å²) in [4.78, 5) is 43.2. The Morgan fingerprint density at radius 3 is 2.58 bits per heavy atom. The zero-order valence-corrected chi connectivity index (χ0v) is 15.1. The summed E-state index contributed by atoms with van der Waals surface area (Å²) in [5.74, 6) is -1.08. The highest BCUT2D eigenvalue weighted by atomic mass is 32.1. The molecule has 0 fully saturated rings. The molecule has 2 heterocycles. The summed E-state index contributed by atoms with van der Waals surface area (Å²) in [6, 6.07) is 9.17. The van der Waals surface area contributed by atoms with Gasteiger partial charge in [0.2, 0.25) is 5.91 Å². The van der Waals surface area contributed by atoms with Gasteiger partial charge in [-0.15, -0.1) is 11.3 Å². The number of likely N-dealkylation sites (N-methyl/N-ethyl adjacent to an activating group) is 1. The predicted octanol–water partition coefficient (Wildman–Crippen LogP) is 2.52. The van der Waals surface area contributed by atoms with Crippen LogP contribution < -0.4 is 10.5 Å². The minimum atomic E-state index is -1.18. The van der Waals surface area contributed by atoms with Gasteiger partial charge in [-0.3, -0.25) is 14.2 Å². The number of hydrogen-bond donors (Lipinski definition) is 1. The lowest BCUT2D eigenvalue weighted by Crippen LogP contribution is -2.37. The van der Waals surface area contributed by atoms with E-state index in [1.54, 1.807) is 11.8 Å². The van der Waals surface area contributed by atoms with E-state index in [9.17, 15) is 19.5 Å². The number of aromatic nitrogens is 2. The molecule has 0 aliphatic rings. The van der Waals surface area contributed by atoms with Gasteiger partial charge in [0.15, 0.2) is 0 Å². The molecule has 0 spiro atoms. The van der Waals surface area contributed by atoms with Gasteiger partial charge in [0.1, 0.15) is 17.2 Å². The van der Waals surface area contributed by atoms with Crippen molar-refractivity contribution in [1.82, 2.24) is 9.55 Å². The first-order valence-electron chi connectivity index (χ1n) is 8.01. The van der Waals surface area contributed by atoms with Gasteiger partial charge >= 0.3 is 5.97 Å². The van der Waals surface area contributed by atoms with Gasteiger partial charge in [-0.2, -0.15) is 0 Å². The fourth-order valence-electron chi connectivity index (χ4n) is 2.80. The normalized spacial score (nSPS) is 10.8. The lowest BCUT2D eigenvalue weighted by Gasteiger charge is -2.22. The van der Waals surface area contributed by atoms with Crippen LogP contribution in [-0.2, 0) is 11.3 Å². The van der Waals surface area contributed by atoms with Crippen molar-refractivity contribution < 1.29 is 14.7 Å². The molecule has 26 heavy (non-hydrogen) atoms. The van der Waals surface area contributed by atoms with Gasteiger partial charge in [0.05, 0.1) is 10.9 Å². The first kappa shape index (κ1) is 17.8.